The second kappa shape index (κ2) is 7.11. The maximum Gasteiger partial charge on any atom is 0.272 e. The van der Waals surface area contributed by atoms with Crippen LogP contribution in [-0.4, -0.2) is 41.9 Å². The highest BCUT2D eigenvalue weighted by Crippen LogP contribution is 2.19. The fourth-order valence-corrected chi connectivity index (χ4v) is 3.73. The van der Waals surface area contributed by atoms with Crippen LogP contribution >= 0.6 is 11.3 Å². The van der Waals surface area contributed by atoms with Crippen molar-refractivity contribution in [2.45, 2.75) is 13.5 Å². The number of carbonyl (C=O) groups is 1. The van der Waals surface area contributed by atoms with E-state index in [2.05, 4.69) is 16.8 Å². The lowest BCUT2D eigenvalue weighted by atomic mass is 10.1. The summed E-state index contributed by atoms with van der Waals surface area (Å²) in [5, 5.41) is 15.1. The Labute approximate surface area is 144 Å². The normalized spacial score (nSPS) is 15.5. The Morgan fingerprint density at radius 1 is 1.33 bits per heavy atom. The van der Waals surface area contributed by atoms with E-state index in [1.165, 1.54) is 16.5 Å². The molecule has 6 nitrogen and oxygen atoms in total. The number of piperazine rings is 1. The molecule has 1 aliphatic rings. The zero-order valence-electron chi connectivity index (χ0n) is 13.5. The van der Waals surface area contributed by atoms with E-state index in [1.54, 1.807) is 30.4 Å². The number of benzene rings is 1. The molecule has 0 atom stereocenters. The van der Waals surface area contributed by atoms with Gasteiger partial charge in [0.05, 0.1) is 31.1 Å². The van der Waals surface area contributed by atoms with E-state index >= 15 is 0 Å². The van der Waals surface area contributed by atoms with Gasteiger partial charge in [0.25, 0.3) is 11.6 Å². The lowest BCUT2D eigenvalue weighted by molar-refractivity contribution is -0.917. The Balaban J connectivity index is 1.61. The second-order valence-electron chi connectivity index (χ2n) is 6.11. The van der Waals surface area contributed by atoms with Crippen LogP contribution in [0.4, 0.5) is 5.69 Å². The standard InChI is InChI=1S/C17H19N3O3S/c1-13-10-15(2-3-16(13)20(22)23)17(21)19-7-5-18(6-8-19)11-14-4-9-24-12-14/h2-4,9-10,12H,5-8,11H2,1H3/p+1. The molecule has 2 heterocycles. The summed E-state index contributed by atoms with van der Waals surface area (Å²) in [4.78, 5) is 26.4. The number of nitrogens with zero attached hydrogens (tertiary/aromatic N) is 2. The number of carbonyl (C=O) groups excluding carboxylic acids is 1. The number of hydrogen-bond donors (Lipinski definition) is 1. The largest absolute Gasteiger partial charge is 0.328 e. The minimum atomic E-state index is -0.420. The molecular weight excluding hydrogens is 326 g/mol. The second-order valence-corrected chi connectivity index (χ2v) is 6.89. The zero-order valence-corrected chi connectivity index (χ0v) is 14.3. The Bertz CT molecular complexity index is 738. The maximum atomic E-state index is 12.6. The third-order valence-corrected chi connectivity index (χ3v) is 5.16. The average molecular weight is 346 g/mol. The van der Waals surface area contributed by atoms with Gasteiger partial charge in [0.1, 0.15) is 6.54 Å². The smallest absolute Gasteiger partial charge is 0.272 e. The molecule has 0 spiro atoms. The number of quaternary nitrogens is 1. The van der Waals surface area contributed by atoms with E-state index < -0.39 is 4.92 Å². The van der Waals surface area contributed by atoms with Gasteiger partial charge in [-0.2, -0.15) is 11.3 Å². The highest BCUT2D eigenvalue weighted by Gasteiger charge is 2.25. The molecule has 7 heteroatoms. The molecular formula is C17H20N3O3S+. The Hall–Kier alpha value is -2.25. The Morgan fingerprint density at radius 2 is 2.08 bits per heavy atom. The minimum Gasteiger partial charge on any atom is -0.328 e. The molecule has 1 amide bonds. The van der Waals surface area contributed by atoms with Gasteiger partial charge in [-0.25, -0.2) is 0 Å². The van der Waals surface area contributed by atoms with Crippen molar-refractivity contribution in [3.63, 3.8) is 0 Å². The number of thiophene rings is 1. The van der Waals surface area contributed by atoms with Crippen molar-refractivity contribution < 1.29 is 14.6 Å². The van der Waals surface area contributed by atoms with Gasteiger partial charge in [-0.15, -0.1) is 0 Å². The molecule has 0 saturated carbocycles. The number of nitro groups is 1. The van der Waals surface area contributed by atoms with E-state index in [-0.39, 0.29) is 11.6 Å². The molecule has 0 radical (unpaired) electrons. The third-order valence-electron chi connectivity index (χ3n) is 4.43. The van der Waals surface area contributed by atoms with Crippen LogP contribution in [-0.2, 0) is 6.54 Å². The van der Waals surface area contributed by atoms with Crippen LogP contribution < -0.4 is 4.90 Å². The van der Waals surface area contributed by atoms with Gasteiger partial charge in [0, 0.05) is 22.8 Å². The summed E-state index contributed by atoms with van der Waals surface area (Å²) < 4.78 is 0. The molecule has 126 valence electrons. The first-order valence-corrected chi connectivity index (χ1v) is 8.88. The summed E-state index contributed by atoms with van der Waals surface area (Å²) in [6.07, 6.45) is 0. The van der Waals surface area contributed by atoms with Gasteiger partial charge in [0.15, 0.2) is 0 Å². The molecule has 0 bridgehead atoms. The van der Waals surface area contributed by atoms with Gasteiger partial charge in [0.2, 0.25) is 0 Å². The summed E-state index contributed by atoms with van der Waals surface area (Å²) in [7, 11) is 0. The first kappa shape index (κ1) is 16.6. The molecule has 3 rings (SSSR count). The number of aryl methyl sites for hydroxylation is 1. The molecule has 1 N–H and O–H groups in total. The fraction of sp³-hybridized carbons (Fsp3) is 0.353. The minimum absolute atomic E-state index is 0.0393. The SMILES string of the molecule is Cc1cc(C(=O)N2CC[NH+](Cc3ccsc3)CC2)ccc1[N+](=O)[O-]. The molecule has 0 aliphatic carbocycles. The van der Waals surface area contributed by atoms with Crippen molar-refractivity contribution in [3.8, 4) is 0 Å². The first-order chi connectivity index (χ1) is 11.5. The average Bonchev–Trinajstić information content (AvgIpc) is 3.07. The number of amides is 1. The molecule has 1 saturated heterocycles. The van der Waals surface area contributed by atoms with Crippen molar-refractivity contribution >= 4 is 22.9 Å². The molecule has 1 aromatic carbocycles. The molecule has 1 aromatic heterocycles. The first-order valence-electron chi connectivity index (χ1n) is 7.93. The van der Waals surface area contributed by atoms with E-state index in [0.29, 0.717) is 24.2 Å². The monoisotopic (exact) mass is 346 g/mol. The summed E-state index contributed by atoms with van der Waals surface area (Å²) >= 11 is 1.71. The van der Waals surface area contributed by atoms with Crippen LogP contribution in [0.1, 0.15) is 21.5 Å². The summed E-state index contributed by atoms with van der Waals surface area (Å²) in [5.74, 6) is -0.0393. The van der Waals surface area contributed by atoms with Crippen molar-refractivity contribution in [1.29, 1.82) is 0 Å². The Kier molecular flexibility index (Phi) is 4.92. The molecule has 1 fully saturated rings. The van der Waals surface area contributed by atoms with Gasteiger partial charge in [-0.1, -0.05) is 0 Å². The van der Waals surface area contributed by atoms with Crippen molar-refractivity contribution in [3.05, 3.63) is 61.8 Å². The van der Waals surface area contributed by atoms with Crippen LogP contribution in [0.15, 0.2) is 35.0 Å². The van der Waals surface area contributed by atoms with Crippen LogP contribution in [0.3, 0.4) is 0 Å². The van der Waals surface area contributed by atoms with E-state index in [4.69, 9.17) is 0 Å². The number of nitrogens with one attached hydrogen (secondary N) is 1. The Morgan fingerprint density at radius 3 is 2.67 bits per heavy atom. The molecule has 2 aromatic rings. The number of hydrogen-bond acceptors (Lipinski definition) is 4. The zero-order chi connectivity index (χ0) is 17.1. The quantitative estimate of drug-likeness (QED) is 0.674. The van der Waals surface area contributed by atoms with Crippen molar-refractivity contribution in [2.24, 2.45) is 0 Å². The summed E-state index contributed by atoms with van der Waals surface area (Å²) in [5.41, 5.74) is 2.45. The lowest BCUT2D eigenvalue weighted by Crippen LogP contribution is -3.13. The lowest BCUT2D eigenvalue weighted by Gasteiger charge is -2.32. The fourth-order valence-electron chi connectivity index (χ4n) is 3.06. The highest BCUT2D eigenvalue weighted by atomic mass is 32.1. The summed E-state index contributed by atoms with van der Waals surface area (Å²) in [6.45, 7) is 5.95. The highest BCUT2D eigenvalue weighted by molar-refractivity contribution is 7.07. The van der Waals surface area contributed by atoms with Crippen LogP contribution in [0.2, 0.25) is 0 Å². The topological polar surface area (TPSA) is 67.9 Å². The van der Waals surface area contributed by atoms with E-state index in [1.807, 2.05) is 4.90 Å². The van der Waals surface area contributed by atoms with Gasteiger partial charge >= 0.3 is 0 Å². The van der Waals surface area contributed by atoms with Crippen LogP contribution in [0, 0.1) is 17.0 Å². The van der Waals surface area contributed by atoms with E-state index in [0.717, 1.165) is 19.6 Å². The van der Waals surface area contributed by atoms with Crippen molar-refractivity contribution in [2.75, 3.05) is 26.2 Å². The number of nitro benzene ring substituents is 1. The summed E-state index contributed by atoms with van der Waals surface area (Å²) in [6, 6.07) is 6.73. The number of rotatable bonds is 4. The molecule has 0 unspecified atom stereocenters. The maximum absolute atomic E-state index is 12.6. The molecule has 1 aliphatic heterocycles. The van der Waals surface area contributed by atoms with Gasteiger partial charge < -0.3 is 9.80 Å². The van der Waals surface area contributed by atoms with Gasteiger partial charge in [-0.05, 0) is 35.9 Å². The predicted octanol–water partition coefficient (Wildman–Crippen LogP) is 1.51. The third kappa shape index (κ3) is 3.63. The van der Waals surface area contributed by atoms with Gasteiger partial charge in [-0.3, -0.25) is 14.9 Å². The van der Waals surface area contributed by atoms with Crippen LogP contribution in [0.5, 0.6) is 0 Å². The van der Waals surface area contributed by atoms with E-state index in [9.17, 15) is 14.9 Å². The van der Waals surface area contributed by atoms with Crippen LogP contribution in [0.25, 0.3) is 0 Å². The predicted molar refractivity (Wildman–Crippen MR) is 92.5 cm³/mol. The molecule has 24 heavy (non-hydrogen) atoms. The van der Waals surface area contributed by atoms with Crippen molar-refractivity contribution in [1.82, 2.24) is 4.90 Å².